The van der Waals surface area contributed by atoms with Crippen molar-refractivity contribution in [2.45, 2.75) is 89.6 Å². The topological polar surface area (TPSA) is 61.8 Å². The molecule has 0 unspecified atom stereocenters. The average Bonchev–Trinajstić information content (AvgIpc) is 2.88. The van der Waals surface area contributed by atoms with Gasteiger partial charge in [-0.15, -0.1) is 0 Å². The number of hydrogen-bond donors (Lipinski definition) is 2. The number of benzene rings is 1. The normalized spacial score (nSPS) is 21.8. The zero-order valence-electron chi connectivity index (χ0n) is 22.9. The molecule has 1 aromatic carbocycles. The number of amides is 1. The molecule has 1 aliphatic heterocycles. The second kappa shape index (κ2) is 14.4. The van der Waals surface area contributed by atoms with Crippen LogP contribution in [0.2, 0.25) is 0 Å². The number of aryl methyl sites for hydroxylation is 1. The molecular weight excluding hydrogens is 455 g/mol. The molecule has 0 radical (unpaired) electrons. The Hall–Kier alpha value is -1.50. The number of likely N-dealkylation sites (tertiary alicyclic amines) is 1. The van der Waals surface area contributed by atoms with Gasteiger partial charge in [-0.1, -0.05) is 49.8 Å². The molecular formula is C30H49FN2O3. The number of carbonyl (C=O) groups is 1. The van der Waals surface area contributed by atoms with Crippen LogP contribution in [0.15, 0.2) is 18.2 Å². The number of unbranched alkanes of at least 4 members (excludes halogenated alkanes) is 1. The Morgan fingerprint density at radius 2 is 2.00 bits per heavy atom. The number of nitrogens with zero attached hydrogens (tertiary/aromatic N) is 1. The van der Waals surface area contributed by atoms with E-state index in [1.807, 2.05) is 18.9 Å². The van der Waals surface area contributed by atoms with E-state index in [0.29, 0.717) is 37.5 Å². The molecule has 2 aliphatic rings. The molecule has 36 heavy (non-hydrogen) atoms. The second-order valence-electron chi connectivity index (χ2n) is 11.4. The van der Waals surface area contributed by atoms with Crippen molar-refractivity contribution in [3.8, 4) is 0 Å². The summed E-state index contributed by atoms with van der Waals surface area (Å²) in [5, 5.41) is 15.4. The number of halogens is 1. The highest BCUT2D eigenvalue weighted by Gasteiger charge is 2.42. The monoisotopic (exact) mass is 504 g/mol. The number of piperidine rings is 1. The van der Waals surface area contributed by atoms with Crippen LogP contribution in [-0.2, 0) is 15.1 Å². The number of rotatable bonds is 13. The molecule has 1 heterocycles. The fraction of sp³-hybridized carbons (Fsp3) is 0.767. The molecule has 0 aromatic heterocycles. The summed E-state index contributed by atoms with van der Waals surface area (Å²) >= 11 is 0. The number of carbonyl (C=O) groups excluding carboxylic acids is 1. The van der Waals surface area contributed by atoms with Crippen LogP contribution in [0, 0.1) is 30.5 Å². The fourth-order valence-corrected chi connectivity index (χ4v) is 6.56. The van der Waals surface area contributed by atoms with Gasteiger partial charge in [0, 0.05) is 44.7 Å². The lowest BCUT2D eigenvalue weighted by atomic mass is 9.73. The summed E-state index contributed by atoms with van der Waals surface area (Å²) in [6.07, 6.45) is 11.9. The summed E-state index contributed by atoms with van der Waals surface area (Å²) in [6, 6.07) is 5.00. The van der Waals surface area contributed by atoms with E-state index in [4.69, 9.17) is 4.74 Å². The molecule has 204 valence electrons. The molecule has 1 aliphatic carbocycles. The zero-order valence-corrected chi connectivity index (χ0v) is 22.9. The lowest BCUT2D eigenvalue weighted by molar-refractivity contribution is -0.138. The lowest BCUT2D eigenvalue weighted by Gasteiger charge is -2.43. The molecule has 1 amide bonds. The van der Waals surface area contributed by atoms with E-state index in [-0.39, 0.29) is 17.6 Å². The summed E-state index contributed by atoms with van der Waals surface area (Å²) in [5.74, 6) is 0.714. The fourth-order valence-electron chi connectivity index (χ4n) is 6.56. The number of hydrogen-bond acceptors (Lipinski definition) is 4. The first kappa shape index (κ1) is 29.1. The van der Waals surface area contributed by atoms with E-state index in [1.165, 1.54) is 38.2 Å². The first-order valence-corrected chi connectivity index (χ1v) is 14.3. The maximum absolute atomic E-state index is 15.1. The SMILES string of the molecule is CNC[C@@H](CC(=O)N1CCC[C@@H]([C@@](O)(CCCCOC)c2cc(C)ccc2F)C1)CC1CCCCC1. The maximum atomic E-state index is 15.1. The molecule has 0 bridgehead atoms. The van der Waals surface area contributed by atoms with Gasteiger partial charge in [-0.2, -0.15) is 0 Å². The zero-order chi connectivity index (χ0) is 26.0. The van der Waals surface area contributed by atoms with Crippen molar-refractivity contribution in [1.29, 1.82) is 0 Å². The van der Waals surface area contributed by atoms with Gasteiger partial charge in [0.15, 0.2) is 0 Å². The minimum Gasteiger partial charge on any atom is -0.385 e. The number of nitrogens with one attached hydrogen (secondary N) is 1. The van der Waals surface area contributed by atoms with Gasteiger partial charge in [0.25, 0.3) is 0 Å². The van der Waals surface area contributed by atoms with Gasteiger partial charge in [-0.05, 0) is 76.9 Å². The van der Waals surface area contributed by atoms with Crippen LogP contribution < -0.4 is 5.32 Å². The first-order valence-electron chi connectivity index (χ1n) is 14.3. The molecule has 6 heteroatoms. The largest absolute Gasteiger partial charge is 0.385 e. The second-order valence-corrected chi connectivity index (χ2v) is 11.4. The quantitative estimate of drug-likeness (QED) is 0.345. The van der Waals surface area contributed by atoms with E-state index in [2.05, 4.69) is 5.32 Å². The highest BCUT2D eigenvalue weighted by atomic mass is 19.1. The predicted octanol–water partition coefficient (Wildman–Crippen LogP) is 5.57. The molecule has 2 fully saturated rings. The highest BCUT2D eigenvalue weighted by molar-refractivity contribution is 5.76. The van der Waals surface area contributed by atoms with Gasteiger partial charge >= 0.3 is 0 Å². The Morgan fingerprint density at radius 3 is 2.72 bits per heavy atom. The third-order valence-corrected chi connectivity index (χ3v) is 8.54. The van der Waals surface area contributed by atoms with Crippen LogP contribution in [0.4, 0.5) is 4.39 Å². The molecule has 2 N–H and O–H groups in total. The van der Waals surface area contributed by atoms with Crippen molar-refractivity contribution in [3.05, 3.63) is 35.1 Å². The summed E-state index contributed by atoms with van der Waals surface area (Å²) in [6.45, 7) is 4.62. The third-order valence-electron chi connectivity index (χ3n) is 8.54. The summed E-state index contributed by atoms with van der Waals surface area (Å²) < 4.78 is 20.3. The van der Waals surface area contributed by atoms with Crippen LogP contribution in [-0.4, -0.2) is 56.3 Å². The van der Waals surface area contributed by atoms with Gasteiger partial charge in [0.05, 0.1) is 5.60 Å². The molecule has 3 rings (SSSR count). The van der Waals surface area contributed by atoms with Crippen molar-refractivity contribution < 1.29 is 19.0 Å². The molecule has 1 saturated carbocycles. The maximum Gasteiger partial charge on any atom is 0.222 e. The van der Waals surface area contributed by atoms with Crippen LogP contribution in [0.25, 0.3) is 0 Å². The van der Waals surface area contributed by atoms with E-state index < -0.39 is 5.60 Å². The minimum absolute atomic E-state index is 0.183. The van der Waals surface area contributed by atoms with E-state index >= 15 is 4.39 Å². The summed E-state index contributed by atoms with van der Waals surface area (Å²) in [5.41, 5.74) is 0.0163. The van der Waals surface area contributed by atoms with Gasteiger partial charge < -0.3 is 20.1 Å². The smallest absolute Gasteiger partial charge is 0.222 e. The van der Waals surface area contributed by atoms with Crippen LogP contribution in [0.5, 0.6) is 0 Å². The van der Waals surface area contributed by atoms with Crippen molar-refractivity contribution in [3.63, 3.8) is 0 Å². The number of aliphatic hydroxyl groups is 1. The van der Waals surface area contributed by atoms with E-state index in [0.717, 1.165) is 56.7 Å². The molecule has 1 aromatic rings. The van der Waals surface area contributed by atoms with Gasteiger partial charge in [0.2, 0.25) is 5.91 Å². The average molecular weight is 505 g/mol. The van der Waals surface area contributed by atoms with Crippen molar-refractivity contribution >= 4 is 5.91 Å². The van der Waals surface area contributed by atoms with Crippen molar-refractivity contribution in [2.75, 3.05) is 40.4 Å². The third kappa shape index (κ3) is 8.00. The minimum atomic E-state index is -1.30. The Balaban J connectivity index is 1.72. The summed E-state index contributed by atoms with van der Waals surface area (Å²) in [7, 11) is 3.64. The van der Waals surface area contributed by atoms with Crippen molar-refractivity contribution in [2.24, 2.45) is 17.8 Å². The Bertz CT molecular complexity index is 813. The lowest BCUT2D eigenvalue weighted by Crippen LogP contribution is -2.49. The van der Waals surface area contributed by atoms with E-state index in [9.17, 15) is 9.90 Å². The number of methoxy groups -OCH3 is 1. The van der Waals surface area contributed by atoms with Crippen LogP contribution >= 0.6 is 0 Å². The van der Waals surface area contributed by atoms with Crippen LogP contribution in [0.1, 0.15) is 88.2 Å². The van der Waals surface area contributed by atoms with Gasteiger partial charge in [-0.3, -0.25) is 4.79 Å². The molecule has 3 atom stereocenters. The predicted molar refractivity (Wildman–Crippen MR) is 143 cm³/mol. The Kier molecular flexibility index (Phi) is 11.7. The Labute approximate surface area is 218 Å². The first-order chi connectivity index (χ1) is 17.4. The van der Waals surface area contributed by atoms with E-state index in [1.54, 1.807) is 19.2 Å². The van der Waals surface area contributed by atoms with Gasteiger partial charge in [0.1, 0.15) is 5.82 Å². The van der Waals surface area contributed by atoms with Gasteiger partial charge in [-0.25, -0.2) is 4.39 Å². The molecule has 0 spiro atoms. The van der Waals surface area contributed by atoms with Crippen LogP contribution in [0.3, 0.4) is 0 Å². The Morgan fingerprint density at radius 1 is 1.22 bits per heavy atom. The number of ether oxygens (including phenoxy) is 1. The highest BCUT2D eigenvalue weighted by Crippen LogP contribution is 2.41. The summed E-state index contributed by atoms with van der Waals surface area (Å²) in [4.78, 5) is 15.4. The molecule has 1 saturated heterocycles. The van der Waals surface area contributed by atoms with Crippen molar-refractivity contribution in [1.82, 2.24) is 10.2 Å². The standard InChI is InChI=1S/C30H49FN2O3/c1-23-13-14-28(31)27(18-23)30(35,15-7-8-17-36-3)26-12-9-16-33(22-26)29(34)20-25(21-32-2)19-24-10-5-4-6-11-24/h13-14,18,24-26,32,35H,4-12,15-17,19-22H2,1-3H3/t25-,26-,30+/m1/s1. The molecule has 5 nitrogen and oxygen atoms in total.